The van der Waals surface area contributed by atoms with Crippen molar-refractivity contribution >= 4 is 11.9 Å². The van der Waals surface area contributed by atoms with Crippen LogP contribution in [0.1, 0.15) is 38.3 Å². The molecule has 0 saturated heterocycles. The van der Waals surface area contributed by atoms with Crippen LogP contribution >= 0.6 is 0 Å². The summed E-state index contributed by atoms with van der Waals surface area (Å²) in [5.41, 5.74) is 10.4. The molecule has 2 N–H and O–H groups in total. The number of hydrogen-bond donors (Lipinski definition) is 1. The Balaban J connectivity index is 0.00000280. The number of nitrogens with zero attached hydrogens (tertiary/aromatic N) is 4. The molecule has 3 aromatic carbocycles. The van der Waals surface area contributed by atoms with E-state index in [1.54, 1.807) is 10.9 Å². The second kappa shape index (κ2) is 10.3. The van der Waals surface area contributed by atoms with E-state index in [0.717, 1.165) is 22.3 Å². The van der Waals surface area contributed by atoms with Gasteiger partial charge in [-0.1, -0.05) is 91.0 Å². The second-order valence-corrected chi connectivity index (χ2v) is 8.79. The van der Waals surface area contributed by atoms with Gasteiger partial charge in [-0.15, -0.1) is 0 Å². The van der Waals surface area contributed by atoms with Crippen LogP contribution in [-0.4, -0.2) is 25.7 Å². The maximum atomic E-state index is 12.4. The van der Waals surface area contributed by atoms with E-state index in [0.29, 0.717) is 29.8 Å². The van der Waals surface area contributed by atoms with Crippen LogP contribution in [0.3, 0.4) is 0 Å². The quantitative estimate of drug-likeness (QED) is 0.267. The molecule has 7 nitrogen and oxygen atoms in total. The predicted octanol–water partition coefficient (Wildman–Crippen LogP) is 0.229. The number of benzene rings is 3. The molecule has 0 spiro atoms. The summed E-state index contributed by atoms with van der Waals surface area (Å²) >= 11 is 0. The number of aromatic carboxylic acids is 1. The number of fused-ring (bicyclic) bond motifs is 3. The van der Waals surface area contributed by atoms with Crippen molar-refractivity contribution in [2.45, 2.75) is 18.4 Å². The minimum absolute atomic E-state index is 0. The Morgan fingerprint density at radius 1 is 0.838 bits per heavy atom. The number of aromatic nitrogens is 4. The normalized spacial score (nSPS) is 12.2. The van der Waals surface area contributed by atoms with Gasteiger partial charge in [-0.2, -0.15) is 5.10 Å². The van der Waals surface area contributed by atoms with Crippen molar-refractivity contribution in [3.8, 4) is 11.4 Å². The number of carboxylic acid groups (broad SMARTS) is 1. The van der Waals surface area contributed by atoms with E-state index in [4.69, 9.17) is 10.8 Å². The van der Waals surface area contributed by atoms with Crippen molar-refractivity contribution in [3.05, 3.63) is 131 Å². The van der Waals surface area contributed by atoms with E-state index in [1.807, 2.05) is 91.0 Å². The van der Waals surface area contributed by atoms with Crippen molar-refractivity contribution in [3.63, 3.8) is 0 Å². The number of nitrogens with two attached hydrogens (primary N) is 1. The Labute approximate surface area is 256 Å². The first kappa shape index (κ1) is 25.5. The molecule has 0 bridgehead atoms. The van der Waals surface area contributed by atoms with Crippen LogP contribution < -0.4 is 62.2 Å². The molecular formula is C29H22KN5O2. The summed E-state index contributed by atoms with van der Waals surface area (Å²) in [6.07, 6.45) is 2.78. The maximum absolute atomic E-state index is 12.4. The molecule has 5 aromatic rings. The Morgan fingerprint density at radius 3 is 1.84 bits per heavy atom. The summed E-state index contributed by atoms with van der Waals surface area (Å²) in [6, 6.07) is 29.9. The van der Waals surface area contributed by atoms with E-state index >= 15 is 0 Å². The molecule has 0 fully saturated rings. The predicted molar refractivity (Wildman–Crippen MR) is 134 cm³/mol. The molecule has 2 aromatic heterocycles. The fourth-order valence-electron chi connectivity index (χ4n) is 5.31. The van der Waals surface area contributed by atoms with Crippen molar-refractivity contribution in [2.24, 2.45) is 0 Å². The molecular weight excluding hydrogens is 489 g/mol. The molecule has 0 unspecified atom stereocenters. The zero-order chi connectivity index (χ0) is 24.7. The van der Waals surface area contributed by atoms with Crippen LogP contribution in [0.4, 0.5) is 5.95 Å². The van der Waals surface area contributed by atoms with Crippen LogP contribution in [0.5, 0.6) is 0 Å². The number of rotatable bonds is 5. The summed E-state index contributed by atoms with van der Waals surface area (Å²) < 4.78 is 1.80. The van der Waals surface area contributed by atoms with E-state index in [9.17, 15) is 9.90 Å². The van der Waals surface area contributed by atoms with Crippen molar-refractivity contribution < 1.29 is 61.3 Å². The summed E-state index contributed by atoms with van der Waals surface area (Å²) in [7, 11) is 0. The molecule has 8 heteroatoms. The van der Waals surface area contributed by atoms with E-state index in [-0.39, 0.29) is 63.0 Å². The van der Waals surface area contributed by atoms with Crippen molar-refractivity contribution in [1.29, 1.82) is 0 Å². The van der Waals surface area contributed by atoms with Gasteiger partial charge in [0.1, 0.15) is 11.2 Å². The molecule has 0 amide bonds. The first-order valence-electron chi connectivity index (χ1n) is 11.7. The van der Waals surface area contributed by atoms with Crippen molar-refractivity contribution in [1.82, 2.24) is 19.7 Å². The number of carboxylic acids is 1. The Kier molecular flexibility index (Phi) is 7.11. The third-order valence-electron chi connectivity index (χ3n) is 6.82. The summed E-state index contributed by atoms with van der Waals surface area (Å²) in [5.74, 6) is -1.20. The number of carbonyl (C=O) groups is 1. The summed E-state index contributed by atoms with van der Waals surface area (Å²) in [5, 5.41) is 17.1. The zero-order valence-electron chi connectivity index (χ0n) is 20.3. The molecule has 0 atom stereocenters. The Bertz CT molecular complexity index is 1470. The van der Waals surface area contributed by atoms with Crippen LogP contribution in [0.25, 0.3) is 11.4 Å². The first-order valence-corrected chi connectivity index (χ1v) is 11.7. The molecule has 6 rings (SSSR count). The third kappa shape index (κ3) is 4.15. The summed E-state index contributed by atoms with van der Waals surface area (Å²) in [4.78, 5) is 21.1. The van der Waals surface area contributed by atoms with Gasteiger partial charge in [0.2, 0.25) is 5.95 Å². The van der Waals surface area contributed by atoms with Crippen LogP contribution in [-0.2, 0) is 18.4 Å². The number of aryl methyl sites for hydroxylation is 1. The van der Waals surface area contributed by atoms with E-state index in [2.05, 4.69) is 9.97 Å². The molecule has 0 radical (unpaired) electrons. The Morgan fingerprint density at radius 2 is 1.35 bits per heavy atom. The number of nitrogen functional groups attached to an aromatic ring is 1. The van der Waals surface area contributed by atoms with Gasteiger partial charge in [0, 0.05) is 11.8 Å². The average Bonchev–Trinajstić information content (AvgIpc) is 3.32. The molecule has 1 aliphatic rings. The van der Waals surface area contributed by atoms with Gasteiger partial charge >= 0.3 is 51.4 Å². The zero-order valence-corrected chi connectivity index (χ0v) is 23.5. The smallest absolute Gasteiger partial charge is 0.543 e. The topological polar surface area (TPSA) is 110 Å². The van der Waals surface area contributed by atoms with Crippen molar-refractivity contribution in [2.75, 3.05) is 5.73 Å². The van der Waals surface area contributed by atoms with E-state index < -0.39 is 11.5 Å². The van der Waals surface area contributed by atoms with E-state index in [1.165, 1.54) is 0 Å². The number of anilines is 1. The summed E-state index contributed by atoms with van der Waals surface area (Å²) in [6.45, 7) is 0. The number of carbonyl (C=O) groups excluding carboxylic acids is 1. The SMILES string of the molecule is Nc1ncc2c(n1)-c1c(c(C(=O)[O-])nn1C(c1ccccc1)(c1ccccc1)c1ccccc1)CC2.[K+]. The van der Waals surface area contributed by atoms with Gasteiger partial charge in [-0.25, -0.2) is 14.6 Å². The molecule has 176 valence electrons. The minimum Gasteiger partial charge on any atom is -0.543 e. The molecule has 2 heterocycles. The van der Waals surface area contributed by atoms with Gasteiger partial charge in [0.25, 0.3) is 0 Å². The fourth-order valence-corrected chi connectivity index (χ4v) is 5.31. The molecule has 1 aliphatic carbocycles. The third-order valence-corrected chi connectivity index (χ3v) is 6.82. The first-order chi connectivity index (χ1) is 17.6. The monoisotopic (exact) mass is 511 g/mol. The largest absolute Gasteiger partial charge is 1.00 e. The standard InChI is InChI=1S/C29H23N5O2.K/c30-28-31-18-19-16-17-23-25(27(35)36)33-34(26(23)24(19)32-28)29(20-10-4-1-5-11-20,21-12-6-2-7-13-21)22-14-8-3-9-15-22;/h1-15,18H,16-17H2,(H,35,36)(H2,30,31,32);/q;+1/p-1. The van der Waals surface area contributed by atoms with Gasteiger partial charge in [-0.3, -0.25) is 0 Å². The molecule has 37 heavy (non-hydrogen) atoms. The maximum Gasteiger partial charge on any atom is 1.00 e. The average molecular weight is 512 g/mol. The van der Waals surface area contributed by atoms with Crippen LogP contribution in [0, 0.1) is 0 Å². The molecule has 0 saturated carbocycles. The van der Waals surface area contributed by atoms with Gasteiger partial charge in [0.05, 0.1) is 17.4 Å². The molecule has 0 aliphatic heterocycles. The Hall–Kier alpha value is -3.14. The minimum atomic E-state index is -1.32. The van der Waals surface area contributed by atoms with Gasteiger partial charge < -0.3 is 15.6 Å². The van der Waals surface area contributed by atoms with Crippen LogP contribution in [0.2, 0.25) is 0 Å². The van der Waals surface area contributed by atoms with Gasteiger partial charge in [0.15, 0.2) is 0 Å². The van der Waals surface area contributed by atoms with Gasteiger partial charge in [-0.05, 0) is 35.1 Å². The fraction of sp³-hybridized carbons (Fsp3) is 0.103. The number of hydrogen-bond acceptors (Lipinski definition) is 6. The second-order valence-electron chi connectivity index (χ2n) is 8.79. The van der Waals surface area contributed by atoms with Crippen LogP contribution in [0.15, 0.2) is 97.2 Å².